The molecule has 0 radical (unpaired) electrons. The van der Waals surface area contributed by atoms with Crippen LogP contribution in [0.5, 0.6) is 0 Å². The summed E-state index contributed by atoms with van der Waals surface area (Å²) in [5.74, 6) is -1.24. The average molecular weight is 270 g/mol. The lowest BCUT2D eigenvalue weighted by atomic mass is 9.99. The van der Waals surface area contributed by atoms with Crippen molar-refractivity contribution in [3.05, 3.63) is 0 Å². The van der Waals surface area contributed by atoms with Gasteiger partial charge in [-0.2, -0.15) is 0 Å². The molecule has 0 bridgehead atoms. The molecule has 2 aliphatic rings. The Morgan fingerprint density at radius 2 is 2.05 bits per heavy atom. The van der Waals surface area contributed by atoms with Gasteiger partial charge < -0.3 is 20.1 Å². The summed E-state index contributed by atoms with van der Waals surface area (Å²) >= 11 is 0. The topological polar surface area (TPSA) is 78.9 Å². The van der Waals surface area contributed by atoms with E-state index in [4.69, 9.17) is 9.84 Å². The van der Waals surface area contributed by atoms with Crippen LogP contribution in [0.4, 0.5) is 4.79 Å². The fourth-order valence-corrected chi connectivity index (χ4v) is 2.99. The Balaban J connectivity index is 1.87. The lowest BCUT2D eigenvalue weighted by Crippen LogP contribution is -2.51. The maximum absolute atomic E-state index is 12.2. The maximum atomic E-state index is 12.2. The molecule has 6 heteroatoms. The van der Waals surface area contributed by atoms with E-state index in [-0.39, 0.29) is 18.2 Å². The second-order valence-corrected chi connectivity index (χ2v) is 5.38. The first-order valence-electron chi connectivity index (χ1n) is 6.93. The highest BCUT2D eigenvalue weighted by Gasteiger charge is 2.32. The molecule has 1 saturated carbocycles. The van der Waals surface area contributed by atoms with Crippen LogP contribution in [0.3, 0.4) is 0 Å². The van der Waals surface area contributed by atoms with E-state index in [2.05, 4.69) is 5.32 Å². The van der Waals surface area contributed by atoms with Gasteiger partial charge in [0.15, 0.2) is 0 Å². The predicted molar refractivity (Wildman–Crippen MR) is 68.9 cm³/mol. The minimum Gasteiger partial charge on any atom is -0.481 e. The molecule has 19 heavy (non-hydrogen) atoms. The van der Waals surface area contributed by atoms with Gasteiger partial charge in [-0.15, -0.1) is 0 Å². The highest BCUT2D eigenvalue weighted by Crippen LogP contribution is 2.22. The number of rotatable bonds is 3. The smallest absolute Gasteiger partial charge is 0.317 e. The molecule has 0 aromatic carbocycles. The molecule has 3 unspecified atom stereocenters. The van der Waals surface area contributed by atoms with E-state index in [1.807, 2.05) is 0 Å². The molecule has 2 fully saturated rings. The minimum absolute atomic E-state index is 0.0581. The van der Waals surface area contributed by atoms with Gasteiger partial charge in [-0.05, 0) is 32.1 Å². The largest absolute Gasteiger partial charge is 0.481 e. The van der Waals surface area contributed by atoms with Crippen LogP contribution >= 0.6 is 0 Å². The fourth-order valence-electron chi connectivity index (χ4n) is 2.99. The summed E-state index contributed by atoms with van der Waals surface area (Å²) in [6.45, 7) is 0.950. The zero-order chi connectivity index (χ0) is 13.8. The summed E-state index contributed by atoms with van der Waals surface area (Å²) in [6.07, 6.45) is 4.45. The summed E-state index contributed by atoms with van der Waals surface area (Å²) in [6, 6.07) is -0.0948. The van der Waals surface area contributed by atoms with Crippen molar-refractivity contribution in [3.63, 3.8) is 0 Å². The zero-order valence-corrected chi connectivity index (χ0v) is 11.3. The van der Waals surface area contributed by atoms with E-state index in [1.165, 1.54) is 0 Å². The summed E-state index contributed by atoms with van der Waals surface area (Å²) in [4.78, 5) is 24.8. The first kappa shape index (κ1) is 14.1. The van der Waals surface area contributed by atoms with Crippen molar-refractivity contribution in [1.29, 1.82) is 0 Å². The lowest BCUT2D eigenvalue weighted by Gasteiger charge is -2.32. The van der Waals surface area contributed by atoms with Crippen molar-refractivity contribution in [2.24, 2.45) is 5.92 Å². The van der Waals surface area contributed by atoms with Crippen LogP contribution in [0.25, 0.3) is 0 Å². The number of methoxy groups -OCH3 is 1. The molecule has 2 rings (SSSR count). The van der Waals surface area contributed by atoms with E-state index < -0.39 is 11.9 Å². The first-order chi connectivity index (χ1) is 9.11. The van der Waals surface area contributed by atoms with Crippen molar-refractivity contribution in [2.45, 2.75) is 44.2 Å². The third-order valence-electron chi connectivity index (χ3n) is 4.12. The molecule has 2 amide bonds. The van der Waals surface area contributed by atoms with E-state index in [1.54, 1.807) is 12.0 Å². The van der Waals surface area contributed by atoms with Crippen molar-refractivity contribution in [2.75, 3.05) is 20.2 Å². The molecule has 1 aliphatic heterocycles. The third kappa shape index (κ3) is 3.37. The van der Waals surface area contributed by atoms with E-state index in [9.17, 15) is 9.59 Å². The minimum atomic E-state index is -0.812. The molecular formula is C13H22N2O4. The number of carbonyl (C=O) groups excluding carboxylic acids is 1. The molecule has 3 atom stereocenters. The Hall–Kier alpha value is -1.30. The second-order valence-electron chi connectivity index (χ2n) is 5.38. The molecule has 1 saturated heterocycles. The van der Waals surface area contributed by atoms with Gasteiger partial charge >= 0.3 is 12.0 Å². The average Bonchev–Trinajstić information content (AvgIpc) is 2.86. The number of carboxylic acid groups (broad SMARTS) is 1. The van der Waals surface area contributed by atoms with Crippen molar-refractivity contribution in [1.82, 2.24) is 10.2 Å². The Kier molecular flexibility index (Phi) is 4.63. The quantitative estimate of drug-likeness (QED) is 0.803. The molecule has 0 aromatic rings. The third-order valence-corrected chi connectivity index (χ3v) is 4.12. The van der Waals surface area contributed by atoms with Crippen molar-refractivity contribution < 1.29 is 19.4 Å². The van der Waals surface area contributed by atoms with E-state index >= 15 is 0 Å². The summed E-state index contributed by atoms with van der Waals surface area (Å²) in [5.41, 5.74) is 0. The summed E-state index contributed by atoms with van der Waals surface area (Å²) in [5, 5.41) is 12.0. The highest BCUT2D eigenvalue weighted by atomic mass is 16.5. The number of nitrogens with zero attached hydrogens (tertiary/aromatic N) is 1. The number of carbonyl (C=O) groups is 2. The van der Waals surface area contributed by atoms with Crippen molar-refractivity contribution in [3.8, 4) is 0 Å². The number of nitrogens with one attached hydrogen (secondary N) is 1. The van der Waals surface area contributed by atoms with Gasteiger partial charge in [0, 0.05) is 20.2 Å². The fraction of sp³-hybridized carbons (Fsp3) is 0.846. The molecule has 1 heterocycles. The molecule has 6 nitrogen and oxygen atoms in total. The van der Waals surface area contributed by atoms with Gasteiger partial charge in [-0.3, -0.25) is 4.79 Å². The normalized spacial score (nSPS) is 31.2. The van der Waals surface area contributed by atoms with Gasteiger partial charge in [-0.1, -0.05) is 0 Å². The Bertz CT molecular complexity index is 348. The molecular weight excluding hydrogens is 248 g/mol. The molecule has 108 valence electrons. The van der Waals surface area contributed by atoms with Gasteiger partial charge in [-0.25, -0.2) is 4.79 Å². The highest BCUT2D eigenvalue weighted by molar-refractivity contribution is 5.76. The standard InChI is InChI=1S/C13H22N2O4/c1-19-11-6-2-5-10(11)14-13(18)15-7-3-4-9(8-15)12(16)17/h9-11H,2-8H2,1H3,(H,14,18)(H,16,17). The van der Waals surface area contributed by atoms with Crippen LogP contribution < -0.4 is 5.32 Å². The van der Waals surface area contributed by atoms with Gasteiger partial charge in [0.2, 0.25) is 0 Å². The van der Waals surface area contributed by atoms with Crippen LogP contribution in [0, 0.1) is 5.92 Å². The number of likely N-dealkylation sites (tertiary alicyclic amines) is 1. The van der Waals surface area contributed by atoms with Gasteiger partial charge in [0.25, 0.3) is 0 Å². The van der Waals surface area contributed by atoms with Crippen LogP contribution in [-0.2, 0) is 9.53 Å². The maximum Gasteiger partial charge on any atom is 0.317 e. The molecule has 0 spiro atoms. The zero-order valence-electron chi connectivity index (χ0n) is 11.3. The van der Waals surface area contributed by atoms with Crippen LogP contribution in [-0.4, -0.2) is 54.4 Å². The van der Waals surface area contributed by atoms with E-state index in [0.717, 1.165) is 25.7 Å². The number of piperidine rings is 1. The van der Waals surface area contributed by atoms with Crippen LogP contribution in [0.15, 0.2) is 0 Å². The van der Waals surface area contributed by atoms with Crippen molar-refractivity contribution >= 4 is 12.0 Å². The Labute approximate surface area is 113 Å². The van der Waals surface area contributed by atoms with Gasteiger partial charge in [0.1, 0.15) is 0 Å². The monoisotopic (exact) mass is 270 g/mol. The second kappa shape index (κ2) is 6.23. The summed E-state index contributed by atoms with van der Waals surface area (Å²) < 4.78 is 5.34. The molecule has 0 aromatic heterocycles. The number of hydrogen-bond donors (Lipinski definition) is 2. The predicted octanol–water partition coefficient (Wildman–Crippen LogP) is 1.06. The molecule has 2 N–H and O–H groups in total. The Morgan fingerprint density at radius 1 is 1.26 bits per heavy atom. The molecule has 1 aliphatic carbocycles. The first-order valence-corrected chi connectivity index (χ1v) is 6.93. The lowest BCUT2D eigenvalue weighted by molar-refractivity contribution is -0.143. The van der Waals surface area contributed by atoms with Crippen LogP contribution in [0.1, 0.15) is 32.1 Å². The number of aliphatic carboxylic acids is 1. The number of carboxylic acids is 1. The number of ether oxygens (including phenoxy) is 1. The number of amides is 2. The van der Waals surface area contributed by atoms with Crippen LogP contribution in [0.2, 0.25) is 0 Å². The van der Waals surface area contributed by atoms with Gasteiger partial charge in [0.05, 0.1) is 18.1 Å². The Morgan fingerprint density at radius 3 is 2.74 bits per heavy atom. The number of hydrogen-bond acceptors (Lipinski definition) is 3. The number of urea groups is 1. The summed E-state index contributed by atoms with van der Waals surface area (Å²) in [7, 11) is 1.66. The SMILES string of the molecule is COC1CCCC1NC(=O)N1CCCC(C(=O)O)C1. The van der Waals surface area contributed by atoms with E-state index in [0.29, 0.717) is 19.5 Å².